The number of carbonyl (C=O) groups is 1. The number of carbonyl (C=O) groups excluding carboxylic acids is 1. The Labute approximate surface area is 144 Å². The van der Waals surface area contributed by atoms with Gasteiger partial charge >= 0.3 is 0 Å². The number of hydrogen-bond acceptors (Lipinski definition) is 4. The molecule has 0 aliphatic carbocycles. The summed E-state index contributed by atoms with van der Waals surface area (Å²) in [4.78, 5) is 14.9. The third kappa shape index (κ3) is 3.30. The van der Waals surface area contributed by atoms with Crippen LogP contribution in [0.25, 0.3) is 11.3 Å². The zero-order chi connectivity index (χ0) is 17.3. The summed E-state index contributed by atoms with van der Waals surface area (Å²) in [7, 11) is 2.06. The summed E-state index contributed by atoms with van der Waals surface area (Å²) in [6.45, 7) is 3.49. The first-order valence-corrected chi connectivity index (χ1v) is 8.25. The Kier molecular flexibility index (Phi) is 4.87. The summed E-state index contributed by atoms with van der Waals surface area (Å²) in [6.07, 6.45) is 1.75. The summed E-state index contributed by atoms with van der Waals surface area (Å²) in [5.74, 6) is -0.503. The lowest BCUT2D eigenvalue weighted by atomic mass is 10.0. The van der Waals surface area contributed by atoms with Gasteiger partial charge in [-0.25, -0.2) is 4.39 Å². The molecule has 1 saturated heterocycles. The Balaban J connectivity index is 1.89. The summed E-state index contributed by atoms with van der Waals surface area (Å²) >= 11 is 6.10. The lowest BCUT2D eigenvalue weighted by Crippen LogP contribution is -2.43. The molecular weight excluding hydrogens is 333 g/mol. The average Bonchev–Trinajstić information content (AvgIpc) is 2.91. The number of rotatable bonds is 3. The molecule has 1 aromatic carbocycles. The molecule has 1 amide bonds. The van der Waals surface area contributed by atoms with Gasteiger partial charge in [-0.05, 0) is 52.0 Å². The van der Waals surface area contributed by atoms with E-state index >= 15 is 0 Å². The van der Waals surface area contributed by atoms with Crippen molar-refractivity contribution in [2.75, 3.05) is 20.1 Å². The largest absolute Gasteiger partial charge is 0.360 e. The molecule has 1 fully saturated rings. The molecule has 1 aromatic heterocycles. The van der Waals surface area contributed by atoms with Crippen LogP contribution in [0.1, 0.15) is 29.0 Å². The second kappa shape index (κ2) is 6.91. The van der Waals surface area contributed by atoms with Gasteiger partial charge in [0.15, 0.2) is 0 Å². The molecule has 24 heavy (non-hydrogen) atoms. The van der Waals surface area contributed by atoms with Gasteiger partial charge in [0.1, 0.15) is 22.8 Å². The van der Waals surface area contributed by atoms with Crippen LogP contribution in [-0.4, -0.2) is 42.1 Å². The molecule has 0 atom stereocenters. The number of aryl methyl sites for hydroxylation is 1. The Hall–Kier alpha value is -1.92. The van der Waals surface area contributed by atoms with Crippen molar-refractivity contribution in [2.45, 2.75) is 25.8 Å². The van der Waals surface area contributed by atoms with Crippen molar-refractivity contribution < 1.29 is 13.7 Å². The average molecular weight is 352 g/mol. The highest BCUT2D eigenvalue weighted by Gasteiger charge is 2.27. The molecular formula is C17H19ClFN3O2. The van der Waals surface area contributed by atoms with Gasteiger partial charge in [-0.3, -0.25) is 4.79 Å². The number of halogens is 2. The zero-order valence-corrected chi connectivity index (χ0v) is 14.4. The number of aromatic nitrogens is 1. The van der Waals surface area contributed by atoms with Crippen LogP contribution < -0.4 is 5.32 Å². The number of benzene rings is 1. The molecule has 2 heterocycles. The first kappa shape index (κ1) is 16.9. The quantitative estimate of drug-likeness (QED) is 0.922. The van der Waals surface area contributed by atoms with Gasteiger partial charge in [0, 0.05) is 6.04 Å². The second-order valence-electron chi connectivity index (χ2n) is 6.11. The van der Waals surface area contributed by atoms with E-state index in [-0.39, 0.29) is 33.8 Å². The van der Waals surface area contributed by atoms with E-state index in [1.165, 1.54) is 12.1 Å². The summed E-state index contributed by atoms with van der Waals surface area (Å²) < 4.78 is 19.3. The maximum atomic E-state index is 14.2. The smallest absolute Gasteiger partial charge is 0.257 e. The van der Waals surface area contributed by atoms with E-state index in [0.717, 1.165) is 25.9 Å². The standard InChI is InChI=1S/C17H19ClFN3O2/c1-10-14(17(23)20-11-6-8-22(2)9-7-11)16(21-24-10)15-12(18)4-3-5-13(15)19/h3-5,11H,6-9H2,1-2H3,(H,20,23). The van der Waals surface area contributed by atoms with Crippen LogP contribution in [0.2, 0.25) is 5.02 Å². The van der Waals surface area contributed by atoms with Crippen LogP contribution in [-0.2, 0) is 0 Å². The maximum Gasteiger partial charge on any atom is 0.257 e. The van der Waals surface area contributed by atoms with Crippen LogP contribution in [0.4, 0.5) is 4.39 Å². The lowest BCUT2D eigenvalue weighted by molar-refractivity contribution is 0.0916. The first-order chi connectivity index (χ1) is 11.5. The zero-order valence-electron chi connectivity index (χ0n) is 13.6. The van der Waals surface area contributed by atoms with Crippen LogP contribution in [0, 0.1) is 12.7 Å². The second-order valence-corrected chi connectivity index (χ2v) is 6.52. The van der Waals surface area contributed by atoms with Crippen LogP contribution in [0.5, 0.6) is 0 Å². The topological polar surface area (TPSA) is 58.4 Å². The van der Waals surface area contributed by atoms with Crippen molar-refractivity contribution in [3.8, 4) is 11.3 Å². The highest BCUT2D eigenvalue weighted by atomic mass is 35.5. The van der Waals surface area contributed by atoms with Gasteiger partial charge in [-0.1, -0.05) is 22.8 Å². The molecule has 0 bridgehead atoms. The molecule has 3 rings (SSSR count). The molecule has 1 aliphatic rings. The molecule has 1 N–H and O–H groups in total. The van der Waals surface area contributed by atoms with E-state index in [1.807, 2.05) is 0 Å². The third-order valence-electron chi connectivity index (χ3n) is 4.34. The van der Waals surface area contributed by atoms with Gasteiger partial charge < -0.3 is 14.7 Å². The van der Waals surface area contributed by atoms with E-state index < -0.39 is 5.82 Å². The van der Waals surface area contributed by atoms with Gasteiger partial charge in [0.05, 0.1) is 10.6 Å². The predicted octanol–water partition coefficient (Wildman–Crippen LogP) is 3.27. The number of amides is 1. The van der Waals surface area contributed by atoms with Crippen molar-refractivity contribution in [3.05, 3.63) is 40.4 Å². The molecule has 0 spiro atoms. The van der Waals surface area contributed by atoms with Gasteiger partial charge in [-0.15, -0.1) is 0 Å². The van der Waals surface area contributed by atoms with Crippen molar-refractivity contribution in [3.63, 3.8) is 0 Å². The minimum absolute atomic E-state index is 0.0875. The van der Waals surface area contributed by atoms with E-state index in [2.05, 4.69) is 22.4 Å². The molecule has 5 nitrogen and oxygen atoms in total. The Morgan fingerprint density at radius 1 is 1.42 bits per heavy atom. The highest BCUT2D eigenvalue weighted by molar-refractivity contribution is 6.33. The van der Waals surface area contributed by atoms with E-state index in [9.17, 15) is 9.18 Å². The molecule has 2 aromatic rings. The van der Waals surface area contributed by atoms with Crippen molar-refractivity contribution in [1.82, 2.24) is 15.4 Å². The molecule has 0 unspecified atom stereocenters. The van der Waals surface area contributed by atoms with Gasteiger partial charge in [0.2, 0.25) is 0 Å². The molecule has 1 aliphatic heterocycles. The monoisotopic (exact) mass is 351 g/mol. The summed E-state index contributed by atoms with van der Waals surface area (Å²) in [6, 6.07) is 4.44. The van der Waals surface area contributed by atoms with Crippen molar-refractivity contribution >= 4 is 17.5 Å². The number of nitrogens with one attached hydrogen (secondary N) is 1. The number of nitrogens with zero attached hydrogens (tertiary/aromatic N) is 2. The minimum Gasteiger partial charge on any atom is -0.360 e. The van der Waals surface area contributed by atoms with Gasteiger partial charge in [0.25, 0.3) is 5.91 Å². The minimum atomic E-state index is -0.538. The maximum absolute atomic E-state index is 14.2. The van der Waals surface area contributed by atoms with Gasteiger partial charge in [-0.2, -0.15) is 0 Å². The summed E-state index contributed by atoms with van der Waals surface area (Å²) in [5, 5.41) is 7.06. The SMILES string of the molecule is Cc1onc(-c2c(F)cccc2Cl)c1C(=O)NC1CCN(C)CC1. The van der Waals surface area contributed by atoms with Crippen LogP contribution in [0.3, 0.4) is 0 Å². The predicted molar refractivity (Wildman–Crippen MR) is 89.6 cm³/mol. The highest BCUT2D eigenvalue weighted by Crippen LogP contribution is 2.33. The third-order valence-corrected chi connectivity index (χ3v) is 4.66. The fourth-order valence-corrected chi connectivity index (χ4v) is 3.20. The van der Waals surface area contributed by atoms with Crippen molar-refractivity contribution in [1.29, 1.82) is 0 Å². The fraction of sp³-hybridized carbons (Fsp3) is 0.412. The van der Waals surface area contributed by atoms with Crippen molar-refractivity contribution in [2.24, 2.45) is 0 Å². The Morgan fingerprint density at radius 3 is 2.79 bits per heavy atom. The lowest BCUT2D eigenvalue weighted by Gasteiger charge is -2.29. The van der Waals surface area contributed by atoms with E-state index in [4.69, 9.17) is 16.1 Å². The molecule has 0 radical (unpaired) electrons. The number of hydrogen-bond donors (Lipinski definition) is 1. The number of piperidine rings is 1. The Bertz CT molecular complexity index is 734. The van der Waals surface area contributed by atoms with E-state index in [0.29, 0.717) is 5.76 Å². The molecule has 128 valence electrons. The fourth-order valence-electron chi connectivity index (χ4n) is 2.94. The molecule has 7 heteroatoms. The normalized spacial score (nSPS) is 16.3. The van der Waals surface area contributed by atoms with Crippen LogP contribution in [0.15, 0.2) is 22.7 Å². The number of likely N-dealkylation sites (tertiary alicyclic amines) is 1. The molecule has 0 saturated carbocycles. The first-order valence-electron chi connectivity index (χ1n) is 7.87. The van der Waals surface area contributed by atoms with Crippen LogP contribution >= 0.6 is 11.6 Å². The Morgan fingerprint density at radius 2 is 2.12 bits per heavy atom. The summed E-state index contributed by atoms with van der Waals surface area (Å²) in [5.41, 5.74) is 0.464. The van der Waals surface area contributed by atoms with E-state index in [1.54, 1.807) is 13.0 Å².